The summed E-state index contributed by atoms with van der Waals surface area (Å²) in [5.74, 6) is 1.59. The summed E-state index contributed by atoms with van der Waals surface area (Å²) in [7, 11) is 0. The minimum atomic E-state index is 0.166. The predicted molar refractivity (Wildman–Crippen MR) is 69.1 cm³/mol. The topological polar surface area (TPSA) is 37.8 Å². The van der Waals surface area contributed by atoms with Crippen molar-refractivity contribution in [2.45, 2.75) is 39.7 Å². The minimum absolute atomic E-state index is 0.166. The van der Waals surface area contributed by atoms with Gasteiger partial charge >= 0.3 is 0 Å². The number of anilines is 1. The molecule has 0 saturated heterocycles. The standard InChI is InChI=1S/C12H18ClN3/c1-5-7-10-15-11(13)9(4)12(16-10)14-8(3)6-2/h6,8H,2,5,7H2,1,3-4H3,(H,14,15,16). The number of rotatable bonds is 5. The van der Waals surface area contributed by atoms with Gasteiger partial charge in [-0.3, -0.25) is 0 Å². The molecule has 3 nitrogen and oxygen atoms in total. The molecule has 0 aliphatic carbocycles. The number of halogens is 1. The van der Waals surface area contributed by atoms with Gasteiger partial charge in [-0.05, 0) is 20.3 Å². The summed E-state index contributed by atoms with van der Waals surface area (Å²) in [5.41, 5.74) is 0.884. The molecular formula is C12H18ClN3. The van der Waals surface area contributed by atoms with Crippen LogP contribution in [0, 0.1) is 6.92 Å². The third-order valence-electron chi connectivity index (χ3n) is 2.32. The molecule has 0 radical (unpaired) electrons. The van der Waals surface area contributed by atoms with Crippen molar-refractivity contribution < 1.29 is 0 Å². The van der Waals surface area contributed by atoms with Gasteiger partial charge in [0, 0.05) is 18.0 Å². The molecule has 16 heavy (non-hydrogen) atoms. The molecule has 1 aromatic heterocycles. The van der Waals surface area contributed by atoms with Gasteiger partial charge in [0.15, 0.2) is 0 Å². The van der Waals surface area contributed by atoms with Crippen LogP contribution in [0.3, 0.4) is 0 Å². The van der Waals surface area contributed by atoms with E-state index in [1.54, 1.807) is 0 Å². The highest BCUT2D eigenvalue weighted by Crippen LogP contribution is 2.21. The van der Waals surface area contributed by atoms with Crippen molar-refractivity contribution >= 4 is 17.4 Å². The van der Waals surface area contributed by atoms with E-state index in [9.17, 15) is 0 Å². The fourth-order valence-corrected chi connectivity index (χ4v) is 1.47. The van der Waals surface area contributed by atoms with E-state index in [0.29, 0.717) is 5.15 Å². The molecule has 0 fully saturated rings. The van der Waals surface area contributed by atoms with E-state index < -0.39 is 0 Å². The van der Waals surface area contributed by atoms with Crippen molar-refractivity contribution in [3.8, 4) is 0 Å². The highest BCUT2D eigenvalue weighted by molar-refractivity contribution is 6.30. The quantitative estimate of drug-likeness (QED) is 0.632. The van der Waals surface area contributed by atoms with Crippen molar-refractivity contribution in [1.29, 1.82) is 0 Å². The maximum absolute atomic E-state index is 6.06. The van der Waals surface area contributed by atoms with Gasteiger partial charge < -0.3 is 5.32 Å². The van der Waals surface area contributed by atoms with Crippen LogP contribution in [0.4, 0.5) is 5.82 Å². The number of aromatic nitrogens is 2. The lowest BCUT2D eigenvalue weighted by Crippen LogP contribution is -2.15. The summed E-state index contributed by atoms with van der Waals surface area (Å²) in [6.45, 7) is 9.75. The first kappa shape index (κ1) is 13.0. The summed E-state index contributed by atoms with van der Waals surface area (Å²) in [4.78, 5) is 8.70. The molecule has 0 aliphatic heterocycles. The van der Waals surface area contributed by atoms with Gasteiger partial charge in [-0.1, -0.05) is 24.6 Å². The largest absolute Gasteiger partial charge is 0.364 e. The molecular weight excluding hydrogens is 222 g/mol. The molecule has 88 valence electrons. The van der Waals surface area contributed by atoms with Crippen LogP contribution in [0.2, 0.25) is 5.15 Å². The van der Waals surface area contributed by atoms with Gasteiger partial charge in [0.05, 0.1) is 0 Å². The molecule has 1 heterocycles. The molecule has 0 bridgehead atoms. The van der Waals surface area contributed by atoms with Crippen molar-refractivity contribution in [2.24, 2.45) is 0 Å². The maximum atomic E-state index is 6.06. The van der Waals surface area contributed by atoms with Crippen LogP contribution in [0.5, 0.6) is 0 Å². The van der Waals surface area contributed by atoms with Crippen LogP contribution in [0.1, 0.15) is 31.7 Å². The van der Waals surface area contributed by atoms with E-state index in [-0.39, 0.29) is 6.04 Å². The fourth-order valence-electron chi connectivity index (χ4n) is 1.28. The number of nitrogens with zero attached hydrogens (tertiary/aromatic N) is 2. The summed E-state index contributed by atoms with van der Waals surface area (Å²) in [6.07, 6.45) is 3.68. The Morgan fingerprint density at radius 3 is 2.75 bits per heavy atom. The number of hydrogen-bond donors (Lipinski definition) is 1. The average molecular weight is 240 g/mol. The van der Waals surface area contributed by atoms with Crippen LogP contribution < -0.4 is 5.32 Å². The van der Waals surface area contributed by atoms with Crippen molar-refractivity contribution in [3.63, 3.8) is 0 Å². The third kappa shape index (κ3) is 3.20. The summed E-state index contributed by atoms with van der Waals surface area (Å²) < 4.78 is 0. The smallest absolute Gasteiger partial charge is 0.137 e. The first-order valence-corrected chi connectivity index (χ1v) is 5.88. The van der Waals surface area contributed by atoms with Gasteiger partial charge in [0.2, 0.25) is 0 Å². The Hall–Kier alpha value is -1.09. The Kier molecular flexibility index (Phi) is 4.74. The summed E-state index contributed by atoms with van der Waals surface area (Å²) in [5, 5.41) is 3.77. The molecule has 0 amide bonds. The highest BCUT2D eigenvalue weighted by atomic mass is 35.5. The normalized spacial score (nSPS) is 12.2. The second-order valence-corrected chi connectivity index (χ2v) is 4.18. The van der Waals surface area contributed by atoms with E-state index in [1.807, 2.05) is 19.9 Å². The lowest BCUT2D eigenvalue weighted by atomic mass is 10.2. The highest BCUT2D eigenvalue weighted by Gasteiger charge is 2.09. The van der Waals surface area contributed by atoms with Crippen LogP contribution in [-0.2, 0) is 6.42 Å². The van der Waals surface area contributed by atoms with Crippen LogP contribution >= 0.6 is 11.6 Å². The van der Waals surface area contributed by atoms with Crippen LogP contribution in [0.25, 0.3) is 0 Å². The lowest BCUT2D eigenvalue weighted by molar-refractivity contribution is 0.826. The SMILES string of the molecule is C=CC(C)Nc1nc(CCC)nc(Cl)c1C. The second kappa shape index (κ2) is 5.85. The Morgan fingerprint density at radius 2 is 2.19 bits per heavy atom. The summed E-state index contributed by atoms with van der Waals surface area (Å²) >= 11 is 6.06. The van der Waals surface area contributed by atoms with Gasteiger partial charge in [-0.15, -0.1) is 6.58 Å². The van der Waals surface area contributed by atoms with Crippen molar-refractivity contribution in [1.82, 2.24) is 9.97 Å². The molecule has 0 aliphatic rings. The van der Waals surface area contributed by atoms with E-state index >= 15 is 0 Å². The number of hydrogen-bond acceptors (Lipinski definition) is 3. The predicted octanol–water partition coefficient (Wildman–Crippen LogP) is 3.38. The van der Waals surface area contributed by atoms with Crippen LogP contribution in [0.15, 0.2) is 12.7 Å². The Labute approximate surface area is 102 Å². The molecule has 1 N–H and O–H groups in total. The summed E-state index contributed by atoms with van der Waals surface area (Å²) in [6, 6.07) is 0.166. The third-order valence-corrected chi connectivity index (χ3v) is 2.69. The molecule has 4 heteroatoms. The monoisotopic (exact) mass is 239 g/mol. The second-order valence-electron chi connectivity index (χ2n) is 3.82. The first-order valence-electron chi connectivity index (χ1n) is 5.50. The molecule has 0 saturated carbocycles. The van der Waals surface area contributed by atoms with E-state index in [1.165, 1.54) is 0 Å². The number of aryl methyl sites for hydroxylation is 1. The average Bonchev–Trinajstić information content (AvgIpc) is 2.25. The molecule has 0 aromatic carbocycles. The van der Waals surface area contributed by atoms with Crippen LogP contribution in [-0.4, -0.2) is 16.0 Å². The van der Waals surface area contributed by atoms with Gasteiger partial charge in [-0.2, -0.15) is 0 Å². The van der Waals surface area contributed by atoms with Gasteiger partial charge in [0.1, 0.15) is 16.8 Å². The Morgan fingerprint density at radius 1 is 1.50 bits per heavy atom. The van der Waals surface area contributed by atoms with Crippen molar-refractivity contribution in [2.75, 3.05) is 5.32 Å². The van der Waals surface area contributed by atoms with Gasteiger partial charge in [0.25, 0.3) is 0 Å². The minimum Gasteiger partial charge on any atom is -0.364 e. The molecule has 0 spiro atoms. The molecule has 1 aromatic rings. The molecule has 1 unspecified atom stereocenters. The van der Waals surface area contributed by atoms with Gasteiger partial charge in [-0.25, -0.2) is 9.97 Å². The maximum Gasteiger partial charge on any atom is 0.137 e. The van der Waals surface area contributed by atoms with E-state index in [4.69, 9.17) is 11.6 Å². The lowest BCUT2D eigenvalue weighted by Gasteiger charge is -2.14. The molecule has 1 atom stereocenters. The van der Waals surface area contributed by atoms with E-state index in [0.717, 1.165) is 30.0 Å². The Balaban J connectivity index is 3.01. The number of nitrogens with one attached hydrogen (secondary N) is 1. The van der Waals surface area contributed by atoms with Crippen molar-refractivity contribution in [3.05, 3.63) is 29.2 Å². The zero-order chi connectivity index (χ0) is 12.1. The Bertz CT molecular complexity index is 377. The fraction of sp³-hybridized carbons (Fsp3) is 0.500. The zero-order valence-electron chi connectivity index (χ0n) is 10.0. The molecule has 1 rings (SSSR count). The van der Waals surface area contributed by atoms with E-state index in [2.05, 4.69) is 28.8 Å². The zero-order valence-corrected chi connectivity index (χ0v) is 10.8. The first-order chi connectivity index (χ1) is 7.58.